The Balaban J connectivity index is 1.60. The molecule has 1 saturated carbocycles. The number of rotatable bonds is 7. The molecular formula is C19H24F4N2O2S. The zero-order chi connectivity index (χ0) is 20.3. The third kappa shape index (κ3) is 5.76. The van der Waals surface area contributed by atoms with Crippen molar-refractivity contribution in [3.05, 3.63) is 29.1 Å². The maximum atomic E-state index is 14.4. The van der Waals surface area contributed by atoms with Crippen molar-refractivity contribution in [1.29, 1.82) is 0 Å². The summed E-state index contributed by atoms with van der Waals surface area (Å²) in [7, 11) is 0. The van der Waals surface area contributed by atoms with Crippen molar-refractivity contribution in [2.45, 2.75) is 37.8 Å². The molecule has 3 rings (SSSR count). The molecule has 1 aromatic carbocycles. The van der Waals surface area contributed by atoms with Crippen LogP contribution in [0.1, 0.15) is 47.5 Å². The second kappa shape index (κ2) is 8.90. The van der Waals surface area contributed by atoms with Crippen LogP contribution >= 0.6 is 11.9 Å². The SMILES string of the molecule is CSNC(=O)c1cc(C2CC2)c(OCC2CCN(CC(F)(F)F)CC2)cc1F. The zero-order valence-corrected chi connectivity index (χ0v) is 16.5. The first-order chi connectivity index (χ1) is 13.3. The summed E-state index contributed by atoms with van der Waals surface area (Å²) < 4.78 is 60.2. The van der Waals surface area contributed by atoms with E-state index in [1.165, 1.54) is 11.0 Å². The van der Waals surface area contributed by atoms with E-state index in [-0.39, 0.29) is 17.4 Å². The van der Waals surface area contributed by atoms with E-state index >= 15 is 0 Å². The van der Waals surface area contributed by atoms with Gasteiger partial charge < -0.3 is 4.74 Å². The Morgan fingerprint density at radius 2 is 1.93 bits per heavy atom. The summed E-state index contributed by atoms with van der Waals surface area (Å²) in [6.07, 6.45) is 0.694. The number of nitrogens with one attached hydrogen (secondary N) is 1. The minimum absolute atomic E-state index is 0.00376. The van der Waals surface area contributed by atoms with Crippen molar-refractivity contribution in [2.75, 3.05) is 32.5 Å². The van der Waals surface area contributed by atoms with E-state index in [9.17, 15) is 22.4 Å². The van der Waals surface area contributed by atoms with Crippen LogP contribution in [0.15, 0.2) is 12.1 Å². The molecule has 1 aliphatic carbocycles. The molecule has 0 atom stereocenters. The monoisotopic (exact) mass is 420 g/mol. The summed E-state index contributed by atoms with van der Waals surface area (Å²) in [6.45, 7) is 0.225. The second-order valence-electron chi connectivity index (χ2n) is 7.43. The number of halogens is 4. The van der Waals surface area contributed by atoms with Crippen molar-refractivity contribution in [1.82, 2.24) is 9.62 Å². The number of nitrogens with zero attached hydrogens (tertiary/aromatic N) is 1. The van der Waals surface area contributed by atoms with Crippen LogP contribution in [-0.2, 0) is 0 Å². The molecule has 1 aliphatic heterocycles. The van der Waals surface area contributed by atoms with Crippen LogP contribution in [0, 0.1) is 11.7 Å². The molecule has 28 heavy (non-hydrogen) atoms. The quantitative estimate of drug-likeness (QED) is 0.526. The fourth-order valence-corrected chi connectivity index (χ4v) is 3.80. The summed E-state index contributed by atoms with van der Waals surface area (Å²) >= 11 is 1.11. The topological polar surface area (TPSA) is 41.6 Å². The van der Waals surface area contributed by atoms with Crippen LogP contribution in [0.4, 0.5) is 17.6 Å². The van der Waals surface area contributed by atoms with Gasteiger partial charge in [0.05, 0.1) is 18.7 Å². The molecule has 156 valence electrons. The standard InChI is InChI=1S/C19H24F4N2O2S/c1-28-24-18(26)15-8-14(13-2-3-13)17(9-16(15)20)27-10-12-4-6-25(7-5-12)11-19(21,22)23/h8-9,12-13H,2-7,10-11H2,1H3,(H,24,26). The van der Waals surface area contributed by atoms with E-state index in [0.29, 0.717) is 38.3 Å². The summed E-state index contributed by atoms with van der Waals surface area (Å²) in [5, 5.41) is 0. The average Bonchev–Trinajstić information content (AvgIpc) is 3.45. The molecule has 4 nitrogen and oxygen atoms in total. The third-order valence-electron chi connectivity index (χ3n) is 5.14. The summed E-state index contributed by atoms with van der Waals surface area (Å²) in [5.41, 5.74) is 0.839. The minimum atomic E-state index is -4.18. The molecule has 2 fully saturated rings. The van der Waals surface area contributed by atoms with E-state index in [1.807, 2.05) is 0 Å². The molecule has 1 heterocycles. The summed E-state index contributed by atoms with van der Waals surface area (Å²) in [4.78, 5) is 13.4. The van der Waals surface area contributed by atoms with E-state index < -0.39 is 24.4 Å². The Morgan fingerprint density at radius 1 is 1.25 bits per heavy atom. The van der Waals surface area contributed by atoms with Crippen molar-refractivity contribution >= 4 is 17.9 Å². The van der Waals surface area contributed by atoms with Gasteiger partial charge in [-0.15, -0.1) is 0 Å². The van der Waals surface area contributed by atoms with Crippen LogP contribution < -0.4 is 9.46 Å². The van der Waals surface area contributed by atoms with Gasteiger partial charge >= 0.3 is 6.18 Å². The lowest BCUT2D eigenvalue weighted by Crippen LogP contribution is -2.41. The van der Waals surface area contributed by atoms with Gasteiger partial charge in [-0.25, -0.2) is 4.39 Å². The molecule has 1 amide bonds. The number of carbonyl (C=O) groups is 1. The Kier molecular flexibility index (Phi) is 6.75. The number of alkyl halides is 3. The van der Waals surface area contributed by atoms with Gasteiger partial charge in [0.15, 0.2) is 0 Å². The lowest BCUT2D eigenvalue weighted by Gasteiger charge is -2.32. The lowest BCUT2D eigenvalue weighted by atomic mass is 9.97. The molecule has 0 radical (unpaired) electrons. The molecule has 0 unspecified atom stereocenters. The number of ether oxygens (including phenoxy) is 1. The number of hydrogen-bond donors (Lipinski definition) is 1. The first-order valence-electron chi connectivity index (χ1n) is 9.35. The molecule has 0 bridgehead atoms. The van der Waals surface area contributed by atoms with Gasteiger partial charge in [-0.3, -0.25) is 14.4 Å². The molecule has 2 aliphatic rings. The lowest BCUT2D eigenvalue weighted by molar-refractivity contribution is -0.148. The predicted octanol–water partition coefficient (Wildman–Crippen LogP) is 4.36. The molecule has 1 N–H and O–H groups in total. The van der Waals surface area contributed by atoms with Crippen LogP contribution in [0.25, 0.3) is 0 Å². The first kappa shape index (κ1) is 21.2. The fourth-order valence-electron chi connectivity index (χ4n) is 3.50. The number of carbonyl (C=O) groups excluding carboxylic acids is 1. The van der Waals surface area contributed by atoms with E-state index in [2.05, 4.69) is 4.72 Å². The Hall–Kier alpha value is -1.48. The van der Waals surface area contributed by atoms with Gasteiger partial charge in [0, 0.05) is 12.3 Å². The van der Waals surface area contributed by atoms with Gasteiger partial charge in [0.25, 0.3) is 5.91 Å². The van der Waals surface area contributed by atoms with Gasteiger partial charge in [-0.1, -0.05) is 11.9 Å². The van der Waals surface area contributed by atoms with E-state index in [0.717, 1.165) is 30.4 Å². The number of piperidine rings is 1. The van der Waals surface area contributed by atoms with E-state index in [1.54, 1.807) is 12.3 Å². The maximum absolute atomic E-state index is 14.4. The Bertz CT molecular complexity index is 702. The predicted molar refractivity (Wildman–Crippen MR) is 100 cm³/mol. The van der Waals surface area contributed by atoms with Crippen LogP contribution in [0.2, 0.25) is 0 Å². The van der Waals surface area contributed by atoms with Crippen LogP contribution in [0.5, 0.6) is 5.75 Å². The Morgan fingerprint density at radius 3 is 2.50 bits per heavy atom. The molecular weight excluding hydrogens is 396 g/mol. The van der Waals surface area contributed by atoms with Crippen molar-refractivity contribution in [3.63, 3.8) is 0 Å². The average molecular weight is 420 g/mol. The number of hydrogen-bond acceptors (Lipinski definition) is 4. The maximum Gasteiger partial charge on any atom is 0.401 e. The molecule has 1 saturated heterocycles. The highest BCUT2D eigenvalue weighted by molar-refractivity contribution is 7.97. The van der Waals surface area contributed by atoms with Gasteiger partial charge in [-0.05, 0) is 62.2 Å². The normalized spacial score (nSPS) is 18.9. The molecule has 0 spiro atoms. The number of benzene rings is 1. The summed E-state index contributed by atoms with van der Waals surface area (Å²) in [5.74, 6) is -0.260. The van der Waals surface area contributed by atoms with E-state index in [4.69, 9.17) is 4.74 Å². The van der Waals surface area contributed by atoms with Gasteiger partial charge in [-0.2, -0.15) is 13.2 Å². The molecule has 9 heteroatoms. The first-order valence-corrected chi connectivity index (χ1v) is 10.6. The fraction of sp³-hybridized carbons (Fsp3) is 0.632. The molecule has 0 aromatic heterocycles. The zero-order valence-electron chi connectivity index (χ0n) is 15.7. The number of amides is 1. The third-order valence-corrected chi connectivity index (χ3v) is 5.53. The highest BCUT2D eigenvalue weighted by atomic mass is 32.2. The van der Waals surface area contributed by atoms with Crippen molar-refractivity contribution in [2.24, 2.45) is 5.92 Å². The van der Waals surface area contributed by atoms with Crippen LogP contribution in [0.3, 0.4) is 0 Å². The second-order valence-corrected chi connectivity index (χ2v) is 8.04. The highest BCUT2D eigenvalue weighted by Gasteiger charge is 2.33. The van der Waals surface area contributed by atoms with Crippen LogP contribution in [-0.4, -0.2) is 49.5 Å². The van der Waals surface area contributed by atoms with Crippen molar-refractivity contribution in [3.8, 4) is 5.75 Å². The molecule has 1 aromatic rings. The van der Waals surface area contributed by atoms with Gasteiger partial charge in [0.1, 0.15) is 11.6 Å². The Labute approximate surface area is 166 Å². The smallest absolute Gasteiger partial charge is 0.401 e. The number of likely N-dealkylation sites (tertiary alicyclic amines) is 1. The minimum Gasteiger partial charge on any atom is -0.493 e. The van der Waals surface area contributed by atoms with Gasteiger partial charge in [0.2, 0.25) is 0 Å². The largest absolute Gasteiger partial charge is 0.493 e. The highest BCUT2D eigenvalue weighted by Crippen LogP contribution is 2.45. The summed E-state index contributed by atoms with van der Waals surface area (Å²) in [6, 6.07) is 2.83. The van der Waals surface area contributed by atoms with Crippen molar-refractivity contribution < 1.29 is 27.1 Å².